The normalized spacial score (nSPS) is 13.6. The Kier molecular flexibility index (Phi) is 5.50. The van der Waals surface area contributed by atoms with E-state index in [1.807, 2.05) is 19.0 Å². The lowest BCUT2D eigenvalue weighted by atomic mass is 10.2. The van der Waals surface area contributed by atoms with Crippen LogP contribution in [-0.2, 0) is 6.54 Å². The predicted octanol–water partition coefficient (Wildman–Crippen LogP) is 1.48. The minimum Gasteiger partial charge on any atom is -0.497 e. The van der Waals surface area contributed by atoms with Gasteiger partial charge in [-0.2, -0.15) is 15.0 Å². The van der Waals surface area contributed by atoms with Crippen molar-refractivity contribution < 1.29 is 9.53 Å². The van der Waals surface area contributed by atoms with Gasteiger partial charge in [0.15, 0.2) is 5.82 Å². The second-order valence-corrected chi connectivity index (χ2v) is 6.35. The molecule has 1 fully saturated rings. The van der Waals surface area contributed by atoms with E-state index in [1.165, 1.54) is 0 Å². The number of hydrogen-bond donors (Lipinski definition) is 1. The Hall–Kier alpha value is -2.90. The van der Waals surface area contributed by atoms with Gasteiger partial charge in [0.1, 0.15) is 5.75 Å². The smallest absolute Gasteiger partial charge is 0.251 e. The minimum absolute atomic E-state index is 0.196. The lowest BCUT2D eigenvalue weighted by Gasteiger charge is -2.19. The van der Waals surface area contributed by atoms with Crippen molar-refractivity contribution in [2.24, 2.45) is 0 Å². The number of rotatable bonds is 6. The lowest BCUT2D eigenvalue weighted by Crippen LogP contribution is -2.27. The van der Waals surface area contributed by atoms with Gasteiger partial charge in [-0.1, -0.05) is 6.07 Å². The molecule has 0 spiro atoms. The van der Waals surface area contributed by atoms with Crippen LogP contribution in [0.15, 0.2) is 24.3 Å². The molecule has 1 aliphatic rings. The number of ether oxygens (including phenoxy) is 1. The van der Waals surface area contributed by atoms with Crippen LogP contribution in [0.5, 0.6) is 5.75 Å². The molecule has 0 aliphatic carbocycles. The van der Waals surface area contributed by atoms with E-state index < -0.39 is 0 Å². The van der Waals surface area contributed by atoms with E-state index in [-0.39, 0.29) is 12.5 Å². The molecule has 1 N–H and O–H groups in total. The highest BCUT2D eigenvalue weighted by Crippen LogP contribution is 2.18. The van der Waals surface area contributed by atoms with Crippen molar-refractivity contribution in [3.05, 3.63) is 35.7 Å². The number of anilines is 2. The molecule has 1 amide bonds. The number of aromatic nitrogens is 3. The van der Waals surface area contributed by atoms with Gasteiger partial charge in [-0.15, -0.1) is 0 Å². The number of carbonyl (C=O) groups is 1. The molecule has 3 rings (SSSR count). The van der Waals surface area contributed by atoms with Gasteiger partial charge in [0.2, 0.25) is 11.9 Å². The van der Waals surface area contributed by atoms with Crippen molar-refractivity contribution in [1.82, 2.24) is 20.3 Å². The van der Waals surface area contributed by atoms with E-state index in [0.717, 1.165) is 25.9 Å². The number of amides is 1. The first kappa shape index (κ1) is 17.9. The van der Waals surface area contributed by atoms with Gasteiger partial charge < -0.3 is 19.9 Å². The van der Waals surface area contributed by atoms with E-state index in [0.29, 0.717) is 29.0 Å². The van der Waals surface area contributed by atoms with E-state index in [9.17, 15) is 4.79 Å². The summed E-state index contributed by atoms with van der Waals surface area (Å²) in [7, 11) is 5.36. The van der Waals surface area contributed by atoms with Crippen molar-refractivity contribution in [2.75, 3.05) is 44.1 Å². The van der Waals surface area contributed by atoms with Gasteiger partial charge in [-0.3, -0.25) is 4.79 Å². The number of carbonyl (C=O) groups excluding carboxylic acids is 1. The van der Waals surface area contributed by atoms with Crippen molar-refractivity contribution >= 4 is 17.8 Å². The third kappa shape index (κ3) is 4.19. The largest absolute Gasteiger partial charge is 0.497 e. The highest BCUT2D eigenvalue weighted by molar-refractivity contribution is 5.94. The van der Waals surface area contributed by atoms with Gasteiger partial charge in [0.05, 0.1) is 13.7 Å². The molecule has 138 valence electrons. The first-order valence-corrected chi connectivity index (χ1v) is 8.66. The Labute approximate surface area is 153 Å². The summed E-state index contributed by atoms with van der Waals surface area (Å²) < 4.78 is 5.16. The molecule has 2 heterocycles. The van der Waals surface area contributed by atoms with Crippen LogP contribution < -0.4 is 19.9 Å². The monoisotopic (exact) mass is 356 g/mol. The summed E-state index contributed by atoms with van der Waals surface area (Å²) in [5, 5.41) is 2.87. The van der Waals surface area contributed by atoms with Crippen LogP contribution in [0.2, 0.25) is 0 Å². The molecule has 1 aromatic carbocycles. The zero-order valence-corrected chi connectivity index (χ0v) is 15.4. The van der Waals surface area contributed by atoms with Crippen molar-refractivity contribution in [2.45, 2.75) is 19.4 Å². The van der Waals surface area contributed by atoms with Crippen LogP contribution >= 0.6 is 0 Å². The average molecular weight is 356 g/mol. The van der Waals surface area contributed by atoms with Gasteiger partial charge in [0, 0.05) is 32.7 Å². The Morgan fingerprint density at radius 3 is 2.69 bits per heavy atom. The standard InChI is InChI=1S/C18H24N6O2/c1-23(2)17-20-15(21-18(22-17)24-9-4-5-10-24)12-19-16(25)13-7-6-8-14(11-13)26-3/h6-8,11H,4-5,9-10,12H2,1-3H3,(H,19,25). The molecule has 0 bridgehead atoms. The number of nitrogens with zero attached hydrogens (tertiary/aromatic N) is 5. The van der Waals surface area contributed by atoms with Gasteiger partial charge in [-0.25, -0.2) is 0 Å². The Morgan fingerprint density at radius 1 is 1.23 bits per heavy atom. The fourth-order valence-corrected chi connectivity index (χ4v) is 2.76. The van der Waals surface area contributed by atoms with Crippen molar-refractivity contribution in [3.8, 4) is 5.75 Å². The van der Waals surface area contributed by atoms with E-state index in [2.05, 4.69) is 25.2 Å². The summed E-state index contributed by atoms with van der Waals surface area (Å²) in [5.74, 6) is 2.25. The topological polar surface area (TPSA) is 83.5 Å². The summed E-state index contributed by atoms with van der Waals surface area (Å²) in [5.41, 5.74) is 0.533. The highest BCUT2D eigenvalue weighted by atomic mass is 16.5. The summed E-state index contributed by atoms with van der Waals surface area (Å²) in [4.78, 5) is 29.9. The first-order valence-electron chi connectivity index (χ1n) is 8.66. The molecule has 0 radical (unpaired) electrons. The zero-order valence-electron chi connectivity index (χ0n) is 15.4. The molecule has 0 atom stereocenters. The van der Waals surface area contributed by atoms with Gasteiger partial charge in [-0.05, 0) is 31.0 Å². The summed E-state index contributed by atoms with van der Waals surface area (Å²) >= 11 is 0. The highest BCUT2D eigenvalue weighted by Gasteiger charge is 2.18. The molecule has 0 unspecified atom stereocenters. The van der Waals surface area contributed by atoms with E-state index in [4.69, 9.17) is 4.74 Å². The zero-order chi connectivity index (χ0) is 18.5. The van der Waals surface area contributed by atoms with E-state index >= 15 is 0 Å². The van der Waals surface area contributed by atoms with Gasteiger partial charge in [0.25, 0.3) is 5.91 Å². The predicted molar refractivity (Wildman–Crippen MR) is 99.8 cm³/mol. The molecule has 1 saturated heterocycles. The molecule has 1 aromatic heterocycles. The third-order valence-electron chi connectivity index (χ3n) is 4.19. The molecular formula is C18H24N6O2. The molecule has 1 aliphatic heterocycles. The second kappa shape index (κ2) is 7.99. The molecular weight excluding hydrogens is 332 g/mol. The summed E-state index contributed by atoms with van der Waals surface area (Å²) in [6.45, 7) is 2.14. The number of benzene rings is 1. The molecule has 2 aromatic rings. The SMILES string of the molecule is COc1cccc(C(=O)NCc2nc(N(C)C)nc(N3CCCC3)n2)c1. The molecule has 26 heavy (non-hydrogen) atoms. The van der Waals surface area contributed by atoms with Crippen LogP contribution in [0, 0.1) is 0 Å². The maximum atomic E-state index is 12.4. The van der Waals surface area contributed by atoms with Crippen molar-refractivity contribution in [1.29, 1.82) is 0 Å². The van der Waals surface area contributed by atoms with Crippen LogP contribution in [0.3, 0.4) is 0 Å². The van der Waals surface area contributed by atoms with Crippen LogP contribution in [0.1, 0.15) is 29.0 Å². The maximum Gasteiger partial charge on any atom is 0.251 e. The van der Waals surface area contributed by atoms with Gasteiger partial charge >= 0.3 is 0 Å². The number of hydrogen-bond acceptors (Lipinski definition) is 7. The van der Waals surface area contributed by atoms with Crippen molar-refractivity contribution in [3.63, 3.8) is 0 Å². The van der Waals surface area contributed by atoms with Crippen LogP contribution in [0.4, 0.5) is 11.9 Å². The maximum absolute atomic E-state index is 12.4. The fourth-order valence-electron chi connectivity index (χ4n) is 2.76. The first-order chi connectivity index (χ1) is 12.6. The average Bonchev–Trinajstić information content (AvgIpc) is 3.20. The number of methoxy groups -OCH3 is 1. The molecule has 0 saturated carbocycles. The quantitative estimate of drug-likeness (QED) is 0.839. The molecule has 8 heteroatoms. The van der Waals surface area contributed by atoms with Crippen LogP contribution in [-0.4, -0.2) is 55.2 Å². The number of nitrogens with one attached hydrogen (secondary N) is 1. The Bertz CT molecular complexity index is 774. The Morgan fingerprint density at radius 2 is 2.00 bits per heavy atom. The summed E-state index contributed by atoms with van der Waals surface area (Å²) in [6, 6.07) is 7.02. The summed E-state index contributed by atoms with van der Waals surface area (Å²) in [6.07, 6.45) is 2.29. The minimum atomic E-state index is -0.196. The van der Waals surface area contributed by atoms with Crippen LogP contribution in [0.25, 0.3) is 0 Å². The second-order valence-electron chi connectivity index (χ2n) is 6.35. The fraction of sp³-hybridized carbons (Fsp3) is 0.444. The lowest BCUT2D eigenvalue weighted by molar-refractivity contribution is 0.0949. The molecule has 8 nitrogen and oxygen atoms in total. The van der Waals surface area contributed by atoms with E-state index in [1.54, 1.807) is 31.4 Å². The Balaban J connectivity index is 1.74. The third-order valence-corrected chi connectivity index (χ3v) is 4.19.